The average molecular weight is 575 g/mol. The molecule has 3 atom stereocenters. The number of carboxylic acid groups (broad SMARTS) is 2. The highest BCUT2D eigenvalue weighted by Gasteiger charge is 2.47. The third kappa shape index (κ3) is 9.05. The molecule has 4 heterocycles. The van der Waals surface area contributed by atoms with Crippen LogP contribution in [0, 0.1) is 12.8 Å². The van der Waals surface area contributed by atoms with Crippen LogP contribution in [0.25, 0.3) is 0 Å². The van der Waals surface area contributed by atoms with Crippen molar-refractivity contribution in [1.29, 1.82) is 0 Å². The highest BCUT2D eigenvalue weighted by atomic mass is 32.1. The zero-order valence-electron chi connectivity index (χ0n) is 20.0. The number of hydrogen-bond acceptors (Lipinski definition) is 9. The van der Waals surface area contributed by atoms with Crippen molar-refractivity contribution >= 4 is 29.2 Å². The molecule has 0 spiro atoms. The van der Waals surface area contributed by atoms with Crippen LogP contribution in [0.4, 0.5) is 32.3 Å². The van der Waals surface area contributed by atoms with Gasteiger partial charge in [0.1, 0.15) is 0 Å². The lowest BCUT2D eigenvalue weighted by Crippen LogP contribution is -2.34. The summed E-state index contributed by atoms with van der Waals surface area (Å²) in [6, 6.07) is 0.305. The Bertz CT molecular complexity index is 1040. The van der Waals surface area contributed by atoms with Crippen molar-refractivity contribution in [2.75, 3.05) is 24.7 Å². The van der Waals surface area contributed by atoms with Gasteiger partial charge in [-0.25, -0.2) is 24.5 Å². The molecule has 0 aromatic carbocycles. The molecular weight excluding hydrogens is 550 g/mol. The Morgan fingerprint density at radius 1 is 1.11 bits per heavy atom. The van der Waals surface area contributed by atoms with Crippen molar-refractivity contribution in [3.8, 4) is 0 Å². The molecule has 17 heteroatoms. The summed E-state index contributed by atoms with van der Waals surface area (Å²) in [5.74, 6) is -4.36. The lowest BCUT2D eigenvalue weighted by Gasteiger charge is -2.22. The van der Waals surface area contributed by atoms with Crippen molar-refractivity contribution in [2.24, 2.45) is 5.92 Å². The normalized spacial score (nSPS) is 20.6. The van der Waals surface area contributed by atoms with Crippen LogP contribution in [0.15, 0.2) is 17.8 Å². The largest absolute Gasteiger partial charge is 0.490 e. The standard InChI is InChI=1S/C17H22N4O2S.2C2HF3O2/c1-3-12-4-18-17(19-5-12)21-6-16(14-8-22-9-15(14)21)23-7-13-10-24-11(2)20-13;2*3-2(4,5)1(6)7/h4-5,10,14-16H,3,6-9H2,1-2H3;2*(H,6,7)/t14-,15+,16-;;/m0../s1. The minimum absolute atomic E-state index is 0.133. The first-order valence-corrected chi connectivity index (χ1v) is 11.8. The molecule has 2 aromatic heterocycles. The maximum atomic E-state index is 10.6. The fourth-order valence-corrected chi connectivity index (χ4v) is 4.05. The number of thiazole rings is 1. The van der Waals surface area contributed by atoms with E-state index >= 15 is 0 Å². The molecule has 212 valence electrons. The predicted molar refractivity (Wildman–Crippen MR) is 120 cm³/mol. The summed E-state index contributed by atoms with van der Waals surface area (Å²) in [7, 11) is 0. The van der Waals surface area contributed by atoms with Crippen molar-refractivity contribution < 1.29 is 55.6 Å². The lowest BCUT2D eigenvalue weighted by molar-refractivity contribution is -0.193. The van der Waals surface area contributed by atoms with Gasteiger partial charge in [-0.2, -0.15) is 26.3 Å². The maximum Gasteiger partial charge on any atom is 0.490 e. The third-order valence-electron chi connectivity index (χ3n) is 5.30. The quantitative estimate of drug-likeness (QED) is 0.511. The van der Waals surface area contributed by atoms with Gasteiger partial charge in [-0.15, -0.1) is 11.3 Å². The summed E-state index contributed by atoms with van der Waals surface area (Å²) < 4.78 is 75.4. The van der Waals surface area contributed by atoms with E-state index in [-0.39, 0.29) is 6.10 Å². The first kappa shape index (κ1) is 31.2. The zero-order valence-corrected chi connectivity index (χ0v) is 20.8. The molecule has 0 radical (unpaired) electrons. The Balaban J connectivity index is 0.000000301. The number of hydrogen-bond donors (Lipinski definition) is 2. The van der Waals surface area contributed by atoms with Crippen LogP contribution in [-0.4, -0.2) is 81.4 Å². The Morgan fingerprint density at radius 2 is 1.66 bits per heavy atom. The highest BCUT2D eigenvalue weighted by molar-refractivity contribution is 7.09. The zero-order chi connectivity index (χ0) is 28.7. The topological polar surface area (TPSA) is 135 Å². The molecule has 2 aliphatic heterocycles. The number of alkyl halides is 6. The Kier molecular flexibility index (Phi) is 10.8. The fourth-order valence-electron chi connectivity index (χ4n) is 3.45. The second-order valence-electron chi connectivity index (χ2n) is 7.98. The van der Waals surface area contributed by atoms with Crippen LogP contribution >= 0.6 is 11.3 Å². The molecule has 10 nitrogen and oxygen atoms in total. The molecule has 0 unspecified atom stereocenters. The first-order chi connectivity index (χ1) is 17.6. The van der Waals surface area contributed by atoms with E-state index in [1.807, 2.05) is 19.3 Å². The fraction of sp³-hybridized carbons (Fsp3) is 0.571. The molecule has 2 aromatic rings. The van der Waals surface area contributed by atoms with E-state index in [9.17, 15) is 26.3 Å². The van der Waals surface area contributed by atoms with Crippen molar-refractivity contribution in [1.82, 2.24) is 15.0 Å². The summed E-state index contributed by atoms with van der Waals surface area (Å²) in [5, 5.41) is 17.4. The number of ether oxygens (including phenoxy) is 2. The van der Waals surface area contributed by atoms with Gasteiger partial charge >= 0.3 is 24.3 Å². The second-order valence-corrected chi connectivity index (χ2v) is 9.04. The van der Waals surface area contributed by atoms with Gasteiger partial charge in [0.25, 0.3) is 0 Å². The van der Waals surface area contributed by atoms with E-state index in [1.165, 1.54) is 0 Å². The SMILES string of the molecule is CCc1cnc(N2C[C@H](OCc3csc(C)n3)[C@H]3COC[C@H]32)nc1.O=C(O)C(F)(F)F.O=C(O)C(F)(F)F. The molecule has 2 N–H and O–H groups in total. The van der Waals surface area contributed by atoms with E-state index in [2.05, 4.69) is 32.2 Å². The smallest absolute Gasteiger partial charge is 0.475 e. The minimum atomic E-state index is -5.08. The summed E-state index contributed by atoms with van der Waals surface area (Å²) in [5.41, 5.74) is 2.17. The molecule has 0 saturated carbocycles. The van der Waals surface area contributed by atoms with Gasteiger partial charge in [0.2, 0.25) is 5.95 Å². The molecule has 2 fully saturated rings. The monoisotopic (exact) mass is 574 g/mol. The van der Waals surface area contributed by atoms with Crippen molar-refractivity contribution in [3.05, 3.63) is 34.0 Å². The summed E-state index contributed by atoms with van der Waals surface area (Å²) in [6.45, 7) is 6.96. The van der Waals surface area contributed by atoms with Crippen molar-refractivity contribution in [2.45, 2.75) is 51.4 Å². The Hall–Kier alpha value is -3.05. The van der Waals surface area contributed by atoms with Gasteiger partial charge in [0.15, 0.2) is 0 Å². The molecule has 0 amide bonds. The van der Waals surface area contributed by atoms with Gasteiger partial charge in [0, 0.05) is 30.2 Å². The molecule has 0 bridgehead atoms. The molecule has 4 rings (SSSR count). The number of halogens is 6. The Morgan fingerprint density at radius 3 is 2.11 bits per heavy atom. The number of aromatic nitrogens is 3. The number of anilines is 1. The highest BCUT2D eigenvalue weighted by Crippen LogP contribution is 2.34. The number of nitrogens with zero attached hydrogens (tertiary/aromatic N) is 4. The van der Waals surface area contributed by atoms with E-state index in [0.29, 0.717) is 18.6 Å². The number of aliphatic carboxylic acids is 2. The van der Waals surface area contributed by atoms with Gasteiger partial charge in [-0.1, -0.05) is 6.92 Å². The second kappa shape index (κ2) is 13.1. The molecular formula is C21H24F6N4O6S. The van der Waals surface area contributed by atoms with Crippen LogP contribution in [-0.2, 0) is 32.1 Å². The van der Waals surface area contributed by atoms with Crippen LogP contribution in [0.2, 0.25) is 0 Å². The number of rotatable bonds is 5. The molecule has 0 aliphatic carbocycles. The first-order valence-electron chi connectivity index (χ1n) is 10.9. The van der Waals surface area contributed by atoms with E-state index in [4.69, 9.17) is 29.3 Å². The Labute approximate surface area is 216 Å². The average Bonchev–Trinajstić information content (AvgIpc) is 3.55. The maximum absolute atomic E-state index is 10.6. The summed E-state index contributed by atoms with van der Waals surface area (Å²) >= 11 is 1.66. The third-order valence-corrected chi connectivity index (χ3v) is 6.12. The van der Waals surface area contributed by atoms with Gasteiger partial charge in [0.05, 0.1) is 42.7 Å². The van der Waals surface area contributed by atoms with Gasteiger partial charge in [-0.3, -0.25) is 0 Å². The summed E-state index contributed by atoms with van der Waals surface area (Å²) in [4.78, 5) is 33.6. The van der Waals surface area contributed by atoms with E-state index in [1.54, 1.807) is 11.3 Å². The molecule has 2 saturated heterocycles. The number of fused-ring (bicyclic) bond motifs is 1. The van der Waals surface area contributed by atoms with E-state index in [0.717, 1.165) is 48.4 Å². The van der Waals surface area contributed by atoms with Gasteiger partial charge < -0.3 is 24.6 Å². The van der Waals surface area contributed by atoms with Crippen LogP contribution in [0.1, 0.15) is 23.2 Å². The van der Waals surface area contributed by atoms with E-state index < -0.39 is 24.3 Å². The van der Waals surface area contributed by atoms with Crippen molar-refractivity contribution in [3.63, 3.8) is 0 Å². The molecule has 2 aliphatic rings. The number of aryl methyl sites for hydroxylation is 2. The number of carbonyl (C=O) groups is 2. The predicted octanol–water partition coefficient (Wildman–Crippen LogP) is 3.49. The van der Waals surface area contributed by atoms with Crippen LogP contribution < -0.4 is 4.90 Å². The number of carboxylic acids is 2. The molecule has 38 heavy (non-hydrogen) atoms. The minimum Gasteiger partial charge on any atom is -0.475 e. The van der Waals surface area contributed by atoms with Gasteiger partial charge in [-0.05, 0) is 18.9 Å². The van der Waals surface area contributed by atoms with Crippen LogP contribution in [0.3, 0.4) is 0 Å². The summed E-state index contributed by atoms with van der Waals surface area (Å²) in [6.07, 6.45) is -5.25. The lowest BCUT2D eigenvalue weighted by atomic mass is 10.0. The van der Waals surface area contributed by atoms with Crippen LogP contribution in [0.5, 0.6) is 0 Å².